The first-order valence-corrected chi connectivity index (χ1v) is 7.95. The molecule has 0 aromatic rings. The average molecular weight is 298 g/mol. The number of carbonyl (C=O) groups is 2. The minimum absolute atomic E-state index is 0.110. The molecule has 21 heavy (non-hydrogen) atoms. The van der Waals surface area contributed by atoms with Crippen molar-refractivity contribution in [3.8, 4) is 0 Å². The second-order valence-corrected chi connectivity index (χ2v) is 6.18. The van der Waals surface area contributed by atoms with Crippen LogP contribution < -0.4 is 0 Å². The standard InChI is InChI=1S/C16H26O5/c1-19-13-7-3-5-11(9-13)15(17)21-16(18)12-6-4-8-14(10-12)20-2/h11-14H,3-10H2,1-2H3. The van der Waals surface area contributed by atoms with Crippen LogP contribution in [0.25, 0.3) is 0 Å². The molecule has 0 spiro atoms. The van der Waals surface area contributed by atoms with Crippen molar-refractivity contribution < 1.29 is 23.8 Å². The molecule has 0 aliphatic heterocycles. The van der Waals surface area contributed by atoms with E-state index in [1.807, 2.05) is 0 Å². The Labute approximate surface area is 126 Å². The Morgan fingerprint density at radius 2 is 1.19 bits per heavy atom. The molecule has 2 fully saturated rings. The average Bonchev–Trinajstić information content (AvgIpc) is 2.54. The van der Waals surface area contributed by atoms with Crippen molar-refractivity contribution in [1.29, 1.82) is 0 Å². The summed E-state index contributed by atoms with van der Waals surface area (Å²) >= 11 is 0. The zero-order valence-corrected chi connectivity index (χ0v) is 13.0. The van der Waals surface area contributed by atoms with Crippen LogP contribution in [0, 0.1) is 11.8 Å². The van der Waals surface area contributed by atoms with Crippen LogP contribution in [0.5, 0.6) is 0 Å². The highest BCUT2D eigenvalue weighted by Crippen LogP contribution is 2.30. The Bertz CT molecular complexity index is 334. The van der Waals surface area contributed by atoms with Gasteiger partial charge in [0, 0.05) is 14.2 Å². The van der Waals surface area contributed by atoms with E-state index in [9.17, 15) is 9.59 Å². The lowest BCUT2D eigenvalue weighted by Gasteiger charge is -2.28. The number of hydrogen-bond donors (Lipinski definition) is 0. The van der Waals surface area contributed by atoms with Crippen molar-refractivity contribution in [1.82, 2.24) is 0 Å². The van der Waals surface area contributed by atoms with Gasteiger partial charge >= 0.3 is 11.9 Å². The van der Waals surface area contributed by atoms with Gasteiger partial charge in [-0.05, 0) is 38.5 Å². The van der Waals surface area contributed by atoms with Crippen molar-refractivity contribution in [3.05, 3.63) is 0 Å². The van der Waals surface area contributed by atoms with Gasteiger partial charge in [0.05, 0.1) is 24.0 Å². The van der Waals surface area contributed by atoms with Gasteiger partial charge in [0.2, 0.25) is 0 Å². The van der Waals surface area contributed by atoms with Gasteiger partial charge in [-0.15, -0.1) is 0 Å². The summed E-state index contributed by atoms with van der Waals surface area (Å²) in [6.45, 7) is 0. The van der Waals surface area contributed by atoms with Crippen LogP contribution in [0.15, 0.2) is 0 Å². The van der Waals surface area contributed by atoms with Gasteiger partial charge in [-0.3, -0.25) is 9.59 Å². The van der Waals surface area contributed by atoms with E-state index in [1.54, 1.807) is 14.2 Å². The summed E-state index contributed by atoms with van der Waals surface area (Å²) in [7, 11) is 3.33. The van der Waals surface area contributed by atoms with Gasteiger partial charge in [-0.25, -0.2) is 0 Å². The van der Waals surface area contributed by atoms with E-state index in [1.165, 1.54) is 0 Å². The number of rotatable bonds is 4. The molecule has 0 heterocycles. The largest absolute Gasteiger partial charge is 0.393 e. The highest BCUT2D eigenvalue weighted by Gasteiger charge is 2.33. The van der Waals surface area contributed by atoms with E-state index >= 15 is 0 Å². The van der Waals surface area contributed by atoms with Gasteiger partial charge in [0.15, 0.2) is 0 Å². The molecule has 0 saturated heterocycles. The van der Waals surface area contributed by atoms with E-state index in [-0.39, 0.29) is 36.0 Å². The van der Waals surface area contributed by atoms with Crippen LogP contribution in [0.2, 0.25) is 0 Å². The summed E-state index contributed by atoms with van der Waals surface area (Å²) in [4.78, 5) is 24.3. The lowest BCUT2D eigenvalue weighted by molar-refractivity contribution is -0.168. The van der Waals surface area contributed by atoms with E-state index in [0.717, 1.165) is 38.5 Å². The lowest BCUT2D eigenvalue weighted by atomic mass is 9.86. The summed E-state index contributed by atoms with van der Waals surface area (Å²) < 4.78 is 15.8. The molecule has 2 saturated carbocycles. The molecule has 2 rings (SSSR count). The highest BCUT2D eigenvalue weighted by molar-refractivity contribution is 5.88. The van der Waals surface area contributed by atoms with Gasteiger partial charge in [0.25, 0.3) is 0 Å². The smallest absolute Gasteiger partial charge is 0.316 e. The zero-order chi connectivity index (χ0) is 15.2. The van der Waals surface area contributed by atoms with E-state index in [4.69, 9.17) is 14.2 Å². The normalized spacial score (nSPS) is 33.4. The molecular weight excluding hydrogens is 272 g/mol. The number of carbonyl (C=O) groups excluding carboxylic acids is 2. The van der Waals surface area contributed by atoms with Crippen molar-refractivity contribution in [3.63, 3.8) is 0 Å². The van der Waals surface area contributed by atoms with Crippen LogP contribution in [-0.2, 0) is 23.8 Å². The summed E-state index contributed by atoms with van der Waals surface area (Å²) in [5.74, 6) is -1.15. The predicted octanol–water partition coefficient (Wildman–Crippen LogP) is 2.47. The monoisotopic (exact) mass is 298 g/mol. The second-order valence-electron chi connectivity index (χ2n) is 6.18. The fourth-order valence-corrected chi connectivity index (χ4v) is 3.41. The van der Waals surface area contributed by atoms with Crippen LogP contribution in [0.1, 0.15) is 51.4 Å². The molecule has 0 bridgehead atoms. The lowest BCUT2D eigenvalue weighted by Crippen LogP contribution is -2.33. The maximum Gasteiger partial charge on any atom is 0.316 e. The number of esters is 2. The highest BCUT2D eigenvalue weighted by atomic mass is 16.6. The SMILES string of the molecule is COC1CCCC(C(=O)OC(=O)C2CCCC(OC)C2)C1. The molecule has 0 radical (unpaired) electrons. The van der Waals surface area contributed by atoms with Crippen molar-refractivity contribution in [2.75, 3.05) is 14.2 Å². The van der Waals surface area contributed by atoms with Crippen molar-refractivity contribution in [2.24, 2.45) is 11.8 Å². The third-order valence-electron chi connectivity index (χ3n) is 4.79. The Hall–Kier alpha value is -0.940. The first kappa shape index (κ1) is 16.4. The molecule has 120 valence electrons. The van der Waals surface area contributed by atoms with Crippen molar-refractivity contribution >= 4 is 11.9 Å². The molecule has 2 aliphatic carbocycles. The van der Waals surface area contributed by atoms with Crippen LogP contribution in [-0.4, -0.2) is 38.4 Å². The minimum atomic E-state index is -0.374. The zero-order valence-electron chi connectivity index (χ0n) is 13.0. The molecular formula is C16H26O5. The maximum atomic E-state index is 12.1. The van der Waals surface area contributed by atoms with Gasteiger partial charge in [0.1, 0.15) is 0 Å². The molecule has 5 heteroatoms. The molecule has 0 amide bonds. The molecule has 0 N–H and O–H groups in total. The first-order valence-electron chi connectivity index (χ1n) is 7.95. The Kier molecular flexibility index (Phi) is 6.18. The molecule has 2 aliphatic rings. The van der Waals surface area contributed by atoms with Crippen molar-refractivity contribution in [2.45, 2.75) is 63.6 Å². The Morgan fingerprint density at radius 3 is 1.57 bits per heavy atom. The molecule has 0 aromatic heterocycles. The van der Waals surface area contributed by atoms with E-state index in [2.05, 4.69) is 0 Å². The second kappa shape index (κ2) is 7.90. The van der Waals surface area contributed by atoms with Crippen LogP contribution in [0.4, 0.5) is 0 Å². The van der Waals surface area contributed by atoms with Gasteiger partial charge < -0.3 is 14.2 Å². The predicted molar refractivity (Wildman–Crippen MR) is 76.6 cm³/mol. The summed E-state index contributed by atoms with van der Waals surface area (Å²) in [5.41, 5.74) is 0. The molecule has 0 aromatic carbocycles. The first-order chi connectivity index (χ1) is 10.1. The summed E-state index contributed by atoms with van der Waals surface area (Å²) in [6, 6.07) is 0. The number of ether oxygens (including phenoxy) is 3. The van der Waals surface area contributed by atoms with Crippen LogP contribution in [0.3, 0.4) is 0 Å². The number of methoxy groups -OCH3 is 2. The third-order valence-corrected chi connectivity index (χ3v) is 4.79. The fraction of sp³-hybridized carbons (Fsp3) is 0.875. The molecule has 4 unspecified atom stereocenters. The quantitative estimate of drug-likeness (QED) is 0.589. The number of hydrogen-bond acceptors (Lipinski definition) is 5. The summed E-state index contributed by atoms with van der Waals surface area (Å²) in [5, 5.41) is 0. The van der Waals surface area contributed by atoms with E-state index in [0.29, 0.717) is 12.8 Å². The Morgan fingerprint density at radius 1 is 0.762 bits per heavy atom. The fourth-order valence-electron chi connectivity index (χ4n) is 3.41. The molecule has 5 nitrogen and oxygen atoms in total. The molecule has 4 atom stereocenters. The minimum Gasteiger partial charge on any atom is -0.393 e. The van der Waals surface area contributed by atoms with E-state index < -0.39 is 0 Å². The van der Waals surface area contributed by atoms with Gasteiger partial charge in [-0.2, -0.15) is 0 Å². The Balaban J connectivity index is 1.82. The van der Waals surface area contributed by atoms with Crippen LogP contribution >= 0.6 is 0 Å². The maximum absolute atomic E-state index is 12.1. The summed E-state index contributed by atoms with van der Waals surface area (Å²) in [6.07, 6.45) is 6.97. The topological polar surface area (TPSA) is 61.8 Å². The third kappa shape index (κ3) is 4.51. The van der Waals surface area contributed by atoms with Gasteiger partial charge in [-0.1, -0.05) is 12.8 Å².